The Hall–Kier alpha value is -3.99. The van der Waals surface area contributed by atoms with E-state index in [9.17, 15) is 9.59 Å². The molecule has 2 N–H and O–H groups in total. The average Bonchev–Trinajstić information content (AvgIpc) is 2.79. The molecule has 1 heterocycles. The maximum atomic E-state index is 12.8. The van der Waals surface area contributed by atoms with Gasteiger partial charge in [-0.3, -0.25) is 14.6 Å². The summed E-state index contributed by atoms with van der Waals surface area (Å²) >= 11 is 0. The van der Waals surface area contributed by atoms with Crippen LogP contribution in [0, 0.1) is 0 Å². The summed E-state index contributed by atoms with van der Waals surface area (Å²) in [6.07, 6.45) is 3.11. The lowest BCUT2D eigenvalue weighted by molar-refractivity contribution is 0.0939. The highest BCUT2D eigenvalue weighted by Gasteiger charge is 2.14. The molecular formula is C25H21N3O2. The van der Waals surface area contributed by atoms with Crippen molar-refractivity contribution in [2.45, 2.75) is 13.0 Å². The number of rotatable bonds is 5. The van der Waals surface area contributed by atoms with Gasteiger partial charge in [0.1, 0.15) is 0 Å². The van der Waals surface area contributed by atoms with Crippen molar-refractivity contribution in [1.82, 2.24) is 10.3 Å². The van der Waals surface area contributed by atoms with Gasteiger partial charge in [0.05, 0.1) is 11.6 Å². The highest BCUT2D eigenvalue weighted by molar-refractivity contribution is 6.05. The molecular weight excluding hydrogens is 374 g/mol. The number of hydrogen-bond acceptors (Lipinski definition) is 3. The summed E-state index contributed by atoms with van der Waals surface area (Å²) in [5, 5.41) is 8.11. The van der Waals surface area contributed by atoms with Crippen LogP contribution in [0.2, 0.25) is 0 Å². The monoisotopic (exact) mass is 395 g/mol. The highest BCUT2D eigenvalue weighted by atomic mass is 16.2. The first-order chi connectivity index (χ1) is 14.6. The molecule has 0 fully saturated rings. The van der Waals surface area contributed by atoms with Gasteiger partial charge in [0.2, 0.25) is 0 Å². The molecule has 1 unspecified atom stereocenters. The van der Waals surface area contributed by atoms with Crippen molar-refractivity contribution in [3.05, 3.63) is 108 Å². The average molecular weight is 395 g/mol. The van der Waals surface area contributed by atoms with Crippen molar-refractivity contribution in [1.29, 1.82) is 0 Å². The Kier molecular flexibility index (Phi) is 5.52. The van der Waals surface area contributed by atoms with Crippen LogP contribution in [0.3, 0.4) is 0 Å². The minimum absolute atomic E-state index is 0.169. The molecule has 5 nitrogen and oxygen atoms in total. The van der Waals surface area contributed by atoms with Gasteiger partial charge in [-0.25, -0.2) is 0 Å². The summed E-state index contributed by atoms with van der Waals surface area (Å²) in [4.78, 5) is 29.1. The fourth-order valence-corrected chi connectivity index (χ4v) is 3.42. The van der Waals surface area contributed by atoms with Gasteiger partial charge in [0.15, 0.2) is 0 Å². The van der Waals surface area contributed by atoms with Crippen LogP contribution in [0.5, 0.6) is 0 Å². The van der Waals surface area contributed by atoms with Crippen molar-refractivity contribution in [2.24, 2.45) is 0 Å². The summed E-state index contributed by atoms with van der Waals surface area (Å²) < 4.78 is 0. The predicted molar refractivity (Wildman–Crippen MR) is 118 cm³/mol. The van der Waals surface area contributed by atoms with Gasteiger partial charge in [-0.15, -0.1) is 0 Å². The number of pyridine rings is 1. The quantitative estimate of drug-likeness (QED) is 0.501. The lowest BCUT2D eigenvalue weighted by Gasteiger charge is -2.17. The second kappa shape index (κ2) is 8.57. The lowest BCUT2D eigenvalue weighted by atomic mass is 9.99. The Bertz CT molecular complexity index is 1200. The molecule has 2 amide bonds. The van der Waals surface area contributed by atoms with Gasteiger partial charge in [0, 0.05) is 23.6 Å². The molecule has 5 heteroatoms. The number of nitrogens with zero attached hydrogens (tertiary/aromatic N) is 1. The van der Waals surface area contributed by atoms with E-state index in [0.717, 1.165) is 16.3 Å². The number of carbonyl (C=O) groups excluding carboxylic acids is 2. The molecule has 0 radical (unpaired) electrons. The Balaban J connectivity index is 1.50. The van der Waals surface area contributed by atoms with Gasteiger partial charge in [-0.1, -0.05) is 48.5 Å². The Morgan fingerprint density at radius 2 is 1.60 bits per heavy atom. The van der Waals surface area contributed by atoms with Crippen LogP contribution in [0.15, 0.2) is 91.3 Å². The van der Waals surface area contributed by atoms with Crippen molar-refractivity contribution in [2.75, 3.05) is 5.32 Å². The molecule has 0 aliphatic rings. The summed E-state index contributed by atoms with van der Waals surface area (Å²) in [7, 11) is 0. The smallest absolute Gasteiger partial charge is 0.257 e. The maximum absolute atomic E-state index is 12.8. The number of hydrogen-bond donors (Lipinski definition) is 2. The van der Waals surface area contributed by atoms with Gasteiger partial charge in [-0.05, 0) is 53.6 Å². The number of carbonyl (C=O) groups is 2. The predicted octanol–water partition coefficient (Wildman–Crippen LogP) is 4.98. The zero-order valence-corrected chi connectivity index (χ0v) is 16.5. The normalized spacial score (nSPS) is 11.6. The van der Waals surface area contributed by atoms with Crippen molar-refractivity contribution in [3.8, 4) is 0 Å². The van der Waals surface area contributed by atoms with E-state index in [-0.39, 0.29) is 17.9 Å². The molecule has 148 valence electrons. The molecule has 0 saturated carbocycles. The first-order valence-corrected chi connectivity index (χ1v) is 9.72. The number of amides is 2. The van der Waals surface area contributed by atoms with Crippen molar-refractivity contribution in [3.63, 3.8) is 0 Å². The molecule has 30 heavy (non-hydrogen) atoms. The Morgan fingerprint density at radius 1 is 0.833 bits per heavy atom. The third-order valence-electron chi connectivity index (χ3n) is 4.94. The second-order valence-corrected chi connectivity index (χ2v) is 7.04. The van der Waals surface area contributed by atoms with E-state index in [1.807, 2.05) is 31.2 Å². The molecule has 1 atom stereocenters. The van der Waals surface area contributed by atoms with Crippen LogP contribution < -0.4 is 10.6 Å². The third kappa shape index (κ3) is 4.20. The van der Waals surface area contributed by atoms with E-state index < -0.39 is 0 Å². The molecule has 4 aromatic rings. The SMILES string of the molecule is CC(NC(=O)c1cccc(NC(=O)c2cccnc2)c1)c1cccc2ccccc12. The molecule has 1 aromatic heterocycles. The molecule has 0 aliphatic heterocycles. The first-order valence-electron chi connectivity index (χ1n) is 9.72. The van der Waals surface area contributed by atoms with Crippen molar-refractivity contribution < 1.29 is 9.59 Å². The summed E-state index contributed by atoms with van der Waals surface area (Å²) in [5.41, 5.74) is 2.54. The van der Waals surface area contributed by atoms with E-state index >= 15 is 0 Å². The lowest BCUT2D eigenvalue weighted by Crippen LogP contribution is -2.27. The first kappa shape index (κ1) is 19.3. The largest absolute Gasteiger partial charge is 0.345 e. The molecule has 0 bridgehead atoms. The van der Waals surface area contributed by atoms with Crippen LogP contribution in [0.1, 0.15) is 39.2 Å². The van der Waals surface area contributed by atoms with Gasteiger partial charge < -0.3 is 10.6 Å². The van der Waals surface area contributed by atoms with E-state index in [1.54, 1.807) is 42.6 Å². The van der Waals surface area contributed by atoms with E-state index in [4.69, 9.17) is 0 Å². The van der Waals surface area contributed by atoms with E-state index in [0.29, 0.717) is 16.8 Å². The van der Waals surface area contributed by atoms with Crippen LogP contribution in [0.25, 0.3) is 10.8 Å². The topological polar surface area (TPSA) is 71.1 Å². The van der Waals surface area contributed by atoms with E-state index in [2.05, 4.69) is 33.8 Å². The number of anilines is 1. The van der Waals surface area contributed by atoms with Gasteiger partial charge in [-0.2, -0.15) is 0 Å². The fraction of sp³-hybridized carbons (Fsp3) is 0.0800. The standard InChI is InChI=1S/C25H21N3O2/c1-17(22-13-5-8-18-7-2-3-12-23(18)22)27-24(29)19-9-4-11-21(15-19)28-25(30)20-10-6-14-26-16-20/h2-17H,1H3,(H,27,29)(H,28,30). The molecule has 0 spiro atoms. The maximum Gasteiger partial charge on any atom is 0.257 e. The van der Waals surface area contributed by atoms with Crippen LogP contribution in [-0.2, 0) is 0 Å². The van der Waals surface area contributed by atoms with Crippen molar-refractivity contribution >= 4 is 28.3 Å². The summed E-state index contributed by atoms with van der Waals surface area (Å²) in [6.45, 7) is 1.97. The second-order valence-electron chi connectivity index (χ2n) is 7.04. The Morgan fingerprint density at radius 3 is 2.43 bits per heavy atom. The zero-order chi connectivity index (χ0) is 20.9. The van der Waals surface area contributed by atoms with Gasteiger partial charge in [0.25, 0.3) is 11.8 Å². The Labute approximate surface area is 174 Å². The van der Waals surface area contributed by atoms with Crippen LogP contribution in [-0.4, -0.2) is 16.8 Å². The zero-order valence-electron chi connectivity index (χ0n) is 16.5. The molecule has 0 aliphatic carbocycles. The van der Waals surface area contributed by atoms with Crippen LogP contribution in [0.4, 0.5) is 5.69 Å². The summed E-state index contributed by atoms with van der Waals surface area (Å²) in [5.74, 6) is -0.474. The highest BCUT2D eigenvalue weighted by Crippen LogP contribution is 2.24. The minimum atomic E-state index is -0.273. The molecule has 0 saturated heterocycles. The third-order valence-corrected chi connectivity index (χ3v) is 4.94. The minimum Gasteiger partial charge on any atom is -0.345 e. The number of benzene rings is 3. The number of aromatic nitrogens is 1. The fourth-order valence-electron chi connectivity index (χ4n) is 3.42. The van der Waals surface area contributed by atoms with Crippen LogP contribution >= 0.6 is 0 Å². The number of fused-ring (bicyclic) bond motifs is 1. The van der Waals surface area contributed by atoms with E-state index in [1.165, 1.54) is 6.20 Å². The molecule has 4 rings (SSSR count). The molecule has 3 aromatic carbocycles. The number of nitrogens with one attached hydrogen (secondary N) is 2. The van der Waals surface area contributed by atoms with Gasteiger partial charge >= 0.3 is 0 Å². The summed E-state index contributed by atoms with van der Waals surface area (Å²) in [6, 6.07) is 24.3.